The highest BCUT2D eigenvalue weighted by Gasteiger charge is 2.37. The normalized spacial score (nSPS) is 20.9. The lowest BCUT2D eigenvalue weighted by Crippen LogP contribution is -2.20. The van der Waals surface area contributed by atoms with E-state index >= 15 is 0 Å². The average molecular weight is 463 g/mol. The van der Waals surface area contributed by atoms with Crippen molar-refractivity contribution in [2.45, 2.75) is 115 Å². The van der Waals surface area contributed by atoms with E-state index in [1.807, 2.05) is 33.9 Å². The third kappa shape index (κ3) is 25.2. The van der Waals surface area contributed by atoms with Crippen LogP contribution in [0.1, 0.15) is 115 Å². The maximum atomic E-state index is 8.95. The molecule has 2 heteroatoms. The van der Waals surface area contributed by atoms with Gasteiger partial charge in [-0.15, -0.1) is 18.9 Å². The molecule has 0 aromatic carbocycles. The maximum absolute atomic E-state index is 8.95. The molecule has 0 aromatic heterocycles. The average Bonchev–Trinajstić information content (AvgIpc) is 3.22. The number of hydrogen-bond acceptors (Lipinski definition) is 2. The van der Waals surface area contributed by atoms with E-state index in [9.17, 15) is 0 Å². The summed E-state index contributed by atoms with van der Waals surface area (Å²) >= 11 is 0. The Kier molecular flexibility index (Phi) is 34.0. The van der Waals surface area contributed by atoms with Gasteiger partial charge < -0.3 is 5.32 Å². The lowest BCUT2D eigenvalue weighted by Gasteiger charge is -2.23. The van der Waals surface area contributed by atoms with Crippen molar-refractivity contribution in [1.82, 2.24) is 5.32 Å². The SMILES string of the molecule is C#CC(C)C1CC(C)CC1C(C)C#N.C=CCC(C)C.CC.CCCC(C)CC.CCNC. The number of rotatable bonds is 8. The number of allylic oxidation sites excluding steroid dienone is 1. The summed E-state index contributed by atoms with van der Waals surface area (Å²) in [6, 6.07) is 2.37. The van der Waals surface area contributed by atoms with Gasteiger partial charge in [-0.1, -0.05) is 94.6 Å². The summed E-state index contributed by atoms with van der Waals surface area (Å²) in [7, 11) is 1.93. The lowest BCUT2D eigenvalue weighted by atomic mass is 9.79. The van der Waals surface area contributed by atoms with Crippen LogP contribution in [0.15, 0.2) is 12.7 Å². The molecule has 0 heterocycles. The number of nitrogens with zero attached hydrogens (tertiary/aromatic N) is 1. The fourth-order valence-corrected chi connectivity index (χ4v) is 3.77. The second-order valence-electron chi connectivity index (χ2n) is 9.70. The molecule has 1 aliphatic rings. The Hall–Kier alpha value is -1.25. The van der Waals surface area contributed by atoms with Gasteiger partial charge in [0, 0.05) is 11.8 Å². The van der Waals surface area contributed by atoms with Crippen molar-refractivity contribution in [3.05, 3.63) is 12.7 Å². The first-order chi connectivity index (χ1) is 15.6. The molecular formula is C31H62N2. The van der Waals surface area contributed by atoms with Crippen LogP contribution in [0.5, 0.6) is 0 Å². The summed E-state index contributed by atoms with van der Waals surface area (Å²) in [6.45, 7) is 28.3. The molecule has 0 aliphatic heterocycles. The highest BCUT2D eigenvalue weighted by atomic mass is 14.8. The van der Waals surface area contributed by atoms with Gasteiger partial charge in [0.25, 0.3) is 0 Å². The van der Waals surface area contributed by atoms with E-state index in [-0.39, 0.29) is 5.92 Å². The molecule has 1 fully saturated rings. The summed E-state index contributed by atoms with van der Waals surface area (Å²) in [5.41, 5.74) is 0. The largest absolute Gasteiger partial charge is 0.320 e. The molecule has 6 unspecified atom stereocenters. The van der Waals surface area contributed by atoms with Gasteiger partial charge in [0.2, 0.25) is 0 Å². The van der Waals surface area contributed by atoms with Gasteiger partial charge in [0.15, 0.2) is 0 Å². The van der Waals surface area contributed by atoms with Crippen LogP contribution >= 0.6 is 0 Å². The number of terminal acetylenes is 1. The van der Waals surface area contributed by atoms with Crippen molar-refractivity contribution in [2.75, 3.05) is 13.6 Å². The molecule has 33 heavy (non-hydrogen) atoms. The van der Waals surface area contributed by atoms with Crippen LogP contribution in [-0.4, -0.2) is 13.6 Å². The van der Waals surface area contributed by atoms with E-state index in [0.29, 0.717) is 17.8 Å². The fourth-order valence-electron chi connectivity index (χ4n) is 3.77. The molecule has 0 saturated heterocycles. The molecule has 2 nitrogen and oxygen atoms in total. The van der Waals surface area contributed by atoms with E-state index < -0.39 is 0 Å². The van der Waals surface area contributed by atoms with Crippen LogP contribution in [0.25, 0.3) is 0 Å². The molecule has 0 aromatic rings. The first-order valence-electron chi connectivity index (χ1n) is 13.7. The van der Waals surface area contributed by atoms with Crippen LogP contribution < -0.4 is 5.32 Å². The highest BCUT2D eigenvalue weighted by Crippen LogP contribution is 2.43. The molecule has 6 atom stereocenters. The predicted molar refractivity (Wildman–Crippen MR) is 153 cm³/mol. The molecule has 1 aliphatic carbocycles. The van der Waals surface area contributed by atoms with E-state index in [1.54, 1.807) is 0 Å². The van der Waals surface area contributed by atoms with Crippen molar-refractivity contribution in [3.63, 3.8) is 0 Å². The molecule has 0 amide bonds. The van der Waals surface area contributed by atoms with Gasteiger partial charge in [0.05, 0.1) is 6.07 Å². The summed E-state index contributed by atoms with van der Waals surface area (Å²) in [5.74, 6) is 6.84. The Morgan fingerprint density at radius 3 is 1.70 bits per heavy atom. The molecule has 0 bridgehead atoms. The first-order valence-corrected chi connectivity index (χ1v) is 13.7. The summed E-state index contributed by atoms with van der Waals surface area (Å²) in [6.07, 6.45) is 15.0. The highest BCUT2D eigenvalue weighted by molar-refractivity contribution is 5.02. The van der Waals surface area contributed by atoms with Crippen molar-refractivity contribution in [3.8, 4) is 18.4 Å². The minimum atomic E-state index is 0.153. The van der Waals surface area contributed by atoms with Crippen molar-refractivity contribution in [1.29, 1.82) is 5.26 Å². The van der Waals surface area contributed by atoms with Gasteiger partial charge in [-0.05, 0) is 69.4 Å². The third-order valence-corrected chi connectivity index (χ3v) is 6.12. The Morgan fingerprint density at radius 2 is 1.48 bits per heavy atom. The Bertz CT molecular complexity index is 438. The Balaban J connectivity index is -0.000000187. The van der Waals surface area contributed by atoms with Crippen LogP contribution in [0, 0.1) is 65.1 Å². The Labute approximate surface area is 211 Å². The molecule has 1 saturated carbocycles. The van der Waals surface area contributed by atoms with Gasteiger partial charge in [0.1, 0.15) is 0 Å². The number of nitriles is 1. The molecule has 1 N–H and O–H groups in total. The second-order valence-corrected chi connectivity index (χ2v) is 9.70. The number of hydrogen-bond donors (Lipinski definition) is 1. The van der Waals surface area contributed by atoms with Gasteiger partial charge in [-0.3, -0.25) is 0 Å². The van der Waals surface area contributed by atoms with Gasteiger partial charge >= 0.3 is 0 Å². The van der Waals surface area contributed by atoms with Crippen molar-refractivity contribution < 1.29 is 0 Å². The van der Waals surface area contributed by atoms with E-state index in [1.165, 1.54) is 32.1 Å². The van der Waals surface area contributed by atoms with E-state index in [2.05, 4.69) is 79.3 Å². The maximum Gasteiger partial charge on any atom is 0.0655 e. The minimum absolute atomic E-state index is 0.153. The third-order valence-electron chi connectivity index (χ3n) is 6.12. The smallest absolute Gasteiger partial charge is 0.0655 e. The zero-order chi connectivity index (χ0) is 26.8. The summed E-state index contributed by atoms with van der Waals surface area (Å²) in [5, 5.41) is 11.9. The van der Waals surface area contributed by atoms with Crippen LogP contribution in [-0.2, 0) is 0 Å². The molecular weight excluding hydrogens is 400 g/mol. The van der Waals surface area contributed by atoms with Gasteiger partial charge in [-0.2, -0.15) is 5.26 Å². The van der Waals surface area contributed by atoms with Crippen molar-refractivity contribution in [2.24, 2.45) is 41.4 Å². The van der Waals surface area contributed by atoms with E-state index in [4.69, 9.17) is 11.7 Å². The monoisotopic (exact) mass is 462 g/mol. The van der Waals surface area contributed by atoms with Gasteiger partial charge in [-0.25, -0.2) is 0 Å². The standard InChI is InChI=1S/C13H19N.C7H16.C6H12.C3H9N.C2H6/c1-5-10(3)12-6-9(2)7-13(12)11(4)8-14;1-4-6-7(3)5-2;1-4-5-6(2)3;1-3-4-2;1-2/h1,9-13H,6-7H2,2-4H3;7H,4-6H2,1-3H3;4,6H,1,5H2,2-3H3;4H,3H2,1-2H3;1-2H3. The van der Waals surface area contributed by atoms with Crippen LogP contribution in [0.4, 0.5) is 0 Å². The van der Waals surface area contributed by atoms with Crippen molar-refractivity contribution >= 4 is 0 Å². The summed E-state index contributed by atoms with van der Waals surface area (Å²) < 4.78 is 0. The molecule has 1 rings (SSSR count). The first kappa shape index (κ1) is 39.0. The van der Waals surface area contributed by atoms with Crippen LogP contribution in [0.3, 0.4) is 0 Å². The topological polar surface area (TPSA) is 35.8 Å². The van der Waals surface area contributed by atoms with Crippen LogP contribution in [0.2, 0.25) is 0 Å². The quantitative estimate of drug-likeness (QED) is 0.288. The predicted octanol–water partition coefficient (Wildman–Crippen LogP) is 9.38. The zero-order valence-electron chi connectivity index (χ0n) is 24.8. The molecule has 0 spiro atoms. The molecule has 196 valence electrons. The molecule has 0 radical (unpaired) electrons. The minimum Gasteiger partial charge on any atom is -0.320 e. The van der Waals surface area contributed by atoms with E-state index in [0.717, 1.165) is 30.7 Å². The lowest BCUT2D eigenvalue weighted by molar-refractivity contribution is 0.279. The number of nitrogens with one attached hydrogen (secondary N) is 1. The fraction of sp³-hybridized carbons (Fsp3) is 0.839. The second kappa shape index (κ2) is 28.8. The zero-order valence-corrected chi connectivity index (χ0v) is 24.8. The summed E-state index contributed by atoms with van der Waals surface area (Å²) in [4.78, 5) is 0. The Morgan fingerprint density at radius 1 is 1.03 bits per heavy atom.